The number of rotatable bonds is 1. The van der Waals surface area contributed by atoms with Gasteiger partial charge in [-0.05, 0) is 18.6 Å². The van der Waals surface area contributed by atoms with Crippen LogP contribution in [0, 0.1) is 6.92 Å². The first-order chi connectivity index (χ1) is 6.91. The molecule has 0 N–H and O–H groups in total. The fraction of sp³-hybridized carbons (Fsp3) is 0.125. The Kier molecular flexibility index (Phi) is 2.41. The monoisotopic (exact) mass is 264 g/mol. The van der Waals surface area contributed by atoms with E-state index in [-0.39, 0.29) is 10.2 Å². The summed E-state index contributed by atoms with van der Waals surface area (Å²) in [4.78, 5) is 3.89. The first kappa shape index (κ1) is 10.7. The normalized spacial score (nSPS) is 12.2. The van der Waals surface area contributed by atoms with Crippen molar-refractivity contribution in [2.75, 3.05) is 0 Å². The molecule has 0 radical (unpaired) electrons. The van der Waals surface area contributed by atoms with E-state index >= 15 is 0 Å². The van der Waals surface area contributed by atoms with Gasteiger partial charge in [0.25, 0.3) is 9.05 Å². The number of aromatic nitrogens is 2. The Morgan fingerprint density at radius 2 is 2.13 bits per heavy atom. The summed E-state index contributed by atoms with van der Waals surface area (Å²) in [7, 11) is 1.30. The molecular formula is C8H6Cl2N2O2S. The first-order valence-electron chi connectivity index (χ1n) is 3.99. The lowest BCUT2D eigenvalue weighted by Crippen LogP contribution is -1.91. The average molecular weight is 265 g/mol. The van der Waals surface area contributed by atoms with Gasteiger partial charge >= 0.3 is 0 Å². The molecule has 0 fully saturated rings. The van der Waals surface area contributed by atoms with E-state index in [2.05, 4.69) is 4.98 Å². The molecule has 0 unspecified atom stereocenters. The van der Waals surface area contributed by atoms with Crippen LogP contribution in [0.25, 0.3) is 5.65 Å². The van der Waals surface area contributed by atoms with Crippen molar-refractivity contribution in [2.24, 2.45) is 0 Å². The Balaban J connectivity index is 2.93. The van der Waals surface area contributed by atoms with Gasteiger partial charge < -0.3 is 0 Å². The first-order valence-corrected chi connectivity index (χ1v) is 6.68. The Labute approximate surface area is 95.9 Å². The van der Waals surface area contributed by atoms with E-state index in [1.54, 1.807) is 12.3 Å². The van der Waals surface area contributed by atoms with Gasteiger partial charge in [-0.3, -0.25) is 4.40 Å². The van der Waals surface area contributed by atoms with E-state index in [0.717, 1.165) is 5.56 Å². The predicted molar refractivity (Wildman–Crippen MR) is 58.0 cm³/mol. The Bertz CT molecular complexity index is 633. The minimum Gasteiger partial charge on any atom is -0.289 e. The highest BCUT2D eigenvalue weighted by Gasteiger charge is 2.21. The molecule has 0 aromatic carbocycles. The van der Waals surface area contributed by atoms with Crippen LogP contribution in [0.3, 0.4) is 0 Å². The summed E-state index contributed by atoms with van der Waals surface area (Å²) in [5, 5.41) is -0.302. The number of hydrogen-bond acceptors (Lipinski definition) is 3. The lowest BCUT2D eigenvalue weighted by molar-refractivity contribution is 0.607. The van der Waals surface area contributed by atoms with Gasteiger partial charge in [0.15, 0.2) is 5.15 Å². The van der Waals surface area contributed by atoms with Gasteiger partial charge in [0.05, 0.1) is 0 Å². The highest BCUT2D eigenvalue weighted by molar-refractivity contribution is 8.13. The quantitative estimate of drug-likeness (QED) is 0.743. The molecule has 7 heteroatoms. The van der Waals surface area contributed by atoms with Crippen molar-refractivity contribution in [3.05, 3.63) is 29.0 Å². The summed E-state index contributed by atoms with van der Waals surface area (Å²) >= 11 is 5.85. The molecule has 0 amide bonds. The summed E-state index contributed by atoms with van der Waals surface area (Å²) in [6.07, 6.45) is 1.63. The van der Waals surface area contributed by atoms with Gasteiger partial charge in [-0.2, -0.15) is 0 Å². The summed E-state index contributed by atoms with van der Waals surface area (Å²) in [6, 6.07) is 3.56. The summed E-state index contributed by atoms with van der Waals surface area (Å²) in [5.74, 6) is 0. The fourth-order valence-electron chi connectivity index (χ4n) is 1.31. The molecule has 0 saturated carbocycles. The summed E-state index contributed by atoms with van der Waals surface area (Å²) < 4.78 is 23.8. The zero-order chi connectivity index (χ0) is 11.2. The van der Waals surface area contributed by atoms with Gasteiger partial charge in [-0.25, -0.2) is 13.4 Å². The van der Waals surface area contributed by atoms with Crippen LogP contribution in [0.15, 0.2) is 23.4 Å². The highest BCUT2D eigenvalue weighted by Crippen LogP contribution is 2.26. The van der Waals surface area contributed by atoms with Crippen LogP contribution < -0.4 is 0 Å². The van der Waals surface area contributed by atoms with Gasteiger partial charge in [0.2, 0.25) is 5.03 Å². The highest BCUT2D eigenvalue weighted by atomic mass is 35.7. The standard InChI is InChI=1S/C8H6Cl2N2O2S/c1-5-3-2-4-12-6(9)8(11-7(5)12)15(10,13)14/h2-4H,1H3. The third kappa shape index (κ3) is 1.71. The second-order valence-corrected chi connectivity index (χ2v) is 5.87. The van der Waals surface area contributed by atoms with Gasteiger partial charge in [-0.1, -0.05) is 17.7 Å². The minimum absolute atomic E-state index is 0.00343. The van der Waals surface area contributed by atoms with E-state index in [0.29, 0.717) is 5.65 Å². The molecule has 2 aromatic rings. The van der Waals surface area contributed by atoms with Gasteiger partial charge in [-0.15, -0.1) is 0 Å². The van der Waals surface area contributed by atoms with Gasteiger partial charge in [0, 0.05) is 16.9 Å². The zero-order valence-corrected chi connectivity index (χ0v) is 9.94. The fourth-order valence-corrected chi connectivity index (χ4v) is 2.73. The Morgan fingerprint density at radius 3 is 2.67 bits per heavy atom. The van der Waals surface area contributed by atoms with Crippen molar-refractivity contribution in [3.8, 4) is 0 Å². The number of fused-ring (bicyclic) bond motifs is 1. The molecule has 0 aliphatic rings. The van der Waals surface area contributed by atoms with E-state index in [1.807, 2.05) is 13.0 Å². The molecule has 0 bridgehead atoms. The maximum absolute atomic E-state index is 11.1. The summed E-state index contributed by atoms with van der Waals surface area (Å²) in [5.41, 5.74) is 1.31. The molecule has 0 atom stereocenters. The van der Waals surface area contributed by atoms with Crippen molar-refractivity contribution in [2.45, 2.75) is 11.9 Å². The second kappa shape index (κ2) is 3.37. The Morgan fingerprint density at radius 1 is 1.47 bits per heavy atom. The SMILES string of the molecule is Cc1cccn2c(Cl)c(S(=O)(=O)Cl)nc12. The number of hydrogen-bond donors (Lipinski definition) is 0. The van der Waals surface area contributed by atoms with E-state index in [1.165, 1.54) is 4.40 Å². The molecular weight excluding hydrogens is 259 g/mol. The molecule has 15 heavy (non-hydrogen) atoms. The van der Waals surface area contributed by atoms with Crippen molar-refractivity contribution in [1.29, 1.82) is 0 Å². The second-order valence-electron chi connectivity index (χ2n) is 3.03. The minimum atomic E-state index is -3.90. The van der Waals surface area contributed by atoms with Crippen LogP contribution in [-0.2, 0) is 9.05 Å². The van der Waals surface area contributed by atoms with E-state index in [9.17, 15) is 8.42 Å². The van der Waals surface area contributed by atoms with Crippen molar-refractivity contribution in [1.82, 2.24) is 9.38 Å². The zero-order valence-electron chi connectivity index (χ0n) is 7.61. The van der Waals surface area contributed by atoms with Crippen LogP contribution >= 0.6 is 22.3 Å². The number of halogens is 2. The largest absolute Gasteiger partial charge is 0.289 e. The van der Waals surface area contributed by atoms with Crippen LogP contribution in [0.2, 0.25) is 5.15 Å². The van der Waals surface area contributed by atoms with E-state index in [4.69, 9.17) is 22.3 Å². The molecule has 0 spiro atoms. The number of nitrogens with zero attached hydrogens (tertiary/aromatic N) is 2. The van der Waals surface area contributed by atoms with Crippen LogP contribution in [0.4, 0.5) is 0 Å². The van der Waals surface area contributed by atoms with Crippen LogP contribution in [0.5, 0.6) is 0 Å². The molecule has 2 rings (SSSR count). The van der Waals surface area contributed by atoms with Gasteiger partial charge in [0.1, 0.15) is 5.65 Å². The van der Waals surface area contributed by atoms with Crippen molar-refractivity contribution < 1.29 is 8.42 Å². The number of aryl methyl sites for hydroxylation is 1. The predicted octanol–water partition coefficient (Wildman–Crippen LogP) is 2.22. The third-order valence-electron chi connectivity index (χ3n) is 1.99. The molecule has 2 aromatic heterocycles. The lowest BCUT2D eigenvalue weighted by atomic mass is 10.3. The van der Waals surface area contributed by atoms with Crippen molar-refractivity contribution in [3.63, 3.8) is 0 Å². The number of pyridine rings is 1. The maximum Gasteiger partial charge on any atom is 0.281 e. The third-order valence-corrected chi connectivity index (χ3v) is 3.65. The molecule has 4 nitrogen and oxygen atoms in total. The maximum atomic E-state index is 11.1. The van der Waals surface area contributed by atoms with Crippen LogP contribution in [-0.4, -0.2) is 17.8 Å². The van der Waals surface area contributed by atoms with E-state index < -0.39 is 9.05 Å². The molecule has 80 valence electrons. The smallest absolute Gasteiger partial charge is 0.281 e. The molecule has 0 saturated heterocycles. The molecule has 0 aliphatic heterocycles. The number of imidazole rings is 1. The Hall–Kier alpha value is -0.780. The average Bonchev–Trinajstić information content (AvgIpc) is 2.45. The molecule has 0 aliphatic carbocycles. The van der Waals surface area contributed by atoms with Crippen molar-refractivity contribution >= 4 is 37.0 Å². The van der Waals surface area contributed by atoms with Crippen LogP contribution in [0.1, 0.15) is 5.56 Å². The summed E-state index contributed by atoms with van der Waals surface area (Å²) in [6.45, 7) is 1.81. The lowest BCUT2D eigenvalue weighted by Gasteiger charge is -1.95. The topological polar surface area (TPSA) is 51.4 Å². The molecule has 2 heterocycles.